The summed E-state index contributed by atoms with van der Waals surface area (Å²) in [6, 6.07) is 9.89. The minimum Gasteiger partial charge on any atom is -0.497 e. The van der Waals surface area contributed by atoms with Gasteiger partial charge in [0.05, 0.1) is 30.1 Å². The average molecular weight is 437 g/mol. The van der Waals surface area contributed by atoms with E-state index < -0.39 is 21.7 Å². The maximum absolute atomic E-state index is 13.0. The Morgan fingerprint density at radius 1 is 1.10 bits per heavy atom. The van der Waals surface area contributed by atoms with Crippen LogP contribution < -0.4 is 10.1 Å². The predicted molar refractivity (Wildman–Crippen MR) is 105 cm³/mol. The molecule has 8 nitrogen and oxygen atoms in total. The number of nitrogens with zero attached hydrogens (tertiary/aromatic N) is 1. The van der Waals surface area contributed by atoms with Crippen LogP contribution in [0.1, 0.15) is 0 Å². The van der Waals surface area contributed by atoms with Gasteiger partial charge < -0.3 is 15.2 Å². The molecule has 29 heavy (non-hydrogen) atoms. The second-order valence-electron chi connectivity index (χ2n) is 6.06. The van der Waals surface area contributed by atoms with Gasteiger partial charge in [0.25, 0.3) is 11.8 Å². The maximum Gasteiger partial charge on any atom is 0.277 e. The van der Waals surface area contributed by atoms with Gasteiger partial charge in [-0.15, -0.1) is 0 Å². The Kier molecular flexibility index (Phi) is 5.92. The molecule has 152 valence electrons. The number of β-amino-alcohol motifs (C(OH)–C–C–N with tert-alkyl or cyclic N) is 1. The second-order valence-corrected chi connectivity index (χ2v) is 8.44. The van der Waals surface area contributed by atoms with Gasteiger partial charge in [-0.3, -0.25) is 14.5 Å². The van der Waals surface area contributed by atoms with Gasteiger partial charge in [-0.1, -0.05) is 11.6 Å². The molecule has 1 aliphatic heterocycles. The topological polar surface area (TPSA) is 113 Å². The van der Waals surface area contributed by atoms with Crippen LogP contribution in [0.3, 0.4) is 0 Å². The van der Waals surface area contributed by atoms with Crippen molar-refractivity contribution in [2.45, 2.75) is 9.79 Å². The summed E-state index contributed by atoms with van der Waals surface area (Å²) >= 11 is 5.83. The lowest BCUT2D eigenvalue weighted by Gasteiger charge is -2.14. The van der Waals surface area contributed by atoms with Crippen LogP contribution in [-0.4, -0.2) is 50.5 Å². The SMILES string of the molecule is COc1cc(NC2=CC(=O)N(CCO)C2=O)cc(S(=O)(=O)c2ccc(Cl)cc2)c1. The summed E-state index contributed by atoms with van der Waals surface area (Å²) in [5.74, 6) is -0.940. The summed E-state index contributed by atoms with van der Waals surface area (Å²) in [4.78, 5) is 25.0. The van der Waals surface area contributed by atoms with E-state index in [1.165, 1.54) is 49.6 Å². The van der Waals surface area contributed by atoms with E-state index in [1.54, 1.807) is 0 Å². The number of sulfone groups is 1. The smallest absolute Gasteiger partial charge is 0.277 e. The molecule has 3 rings (SSSR count). The number of nitrogens with one attached hydrogen (secondary N) is 1. The van der Waals surface area contributed by atoms with Crippen molar-refractivity contribution in [3.05, 3.63) is 59.3 Å². The normalized spacial score (nSPS) is 14.2. The van der Waals surface area contributed by atoms with Crippen molar-refractivity contribution >= 4 is 38.9 Å². The van der Waals surface area contributed by atoms with Crippen LogP contribution in [0.25, 0.3) is 0 Å². The summed E-state index contributed by atoms with van der Waals surface area (Å²) in [5.41, 5.74) is 0.210. The summed E-state index contributed by atoms with van der Waals surface area (Å²) in [6.45, 7) is -0.491. The molecule has 0 unspecified atom stereocenters. The van der Waals surface area contributed by atoms with Gasteiger partial charge in [-0.2, -0.15) is 0 Å². The summed E-state index contributed by atoms with van der Waals surface area (Å²) in [6.07, 6.45) is 1.09. The molecule has 0 saturated heterocycles. The number of ether oxygens (including phenoxy) is 1. The number of hydrogen-bond donors (Lipinski definition) is 2. The van der Waals surface area contributed by atoms with Crippen LogP contribution >= 0.6 is 11.6 Å². The van der Waals surface area contributed by atoms with E-state index in [2.05, 4.69) is 5.32 Å². The zero-order valence-corrected chi connectivity index (χ0v) is 16.8. The Bertz CT molecular complexity index is 1100. The van der Waals surface area contributed by atoms with E-state index >= 15 is 0 Å². The third-order valence-corrected chi connectivity index (χ3v) is 6.16. The first-order valence-corrected chi connectivity index (χ1v) is 10.3. The molecule has 2 N–H and O–H groups in total. The van der Waals surface area contributed by atoms with E-state index in [1.807, 2.05) is 0 Å². The number of carbonyl (C=O) groups is 2. The lowest BCUT2D eigenvalue weighted by atomic mass is 10.3. The van der Waals surface area contributed by atoms with Crippen molar-refractivity contribution in [1.29, 1.82) is 0 Å². The van der Waals surface area contributed by atoms with Crippen LogP contribution in [0.15, 0.2) is 64.0 Å². The fourth-order valence-electron chi connectivity index (χ4n) is 2.73. The highest BCUT2D eigenvalue weighted by Crippen LogP contribution is 2.30. The molecule has 2 aromatic carbocycles. The lowest BCUT2D eigenvalue weighted by molar-refractivity contribution is -0.137. The highest BCUT2D eigenvalue weighted by atomic mass is 35.5. The van der Waals surface area contributed by atoms with Gasteiger partial charge in [0.2, 0.25) is 9.84 Å². The summed E-state index contributed by atoms with van der Waals surface area (Å²) in [5, 5.41) is 12.1. The number of hydrogen-bond acceptors (Lipinski definition) is 7. The zero-order valence-electron chi connectivity index (χ0n) is 15.3. The summed E-state index contributed by atoms with van der Waals surface area (Å²) in [7, 11) is -2.50. The molecule has 0 saturated carbocycles. The Balaban J connectivity index is 1.96. The van der Waals surface area contributed by atoms with E-state index in [0.29, 0.717) is 5.02 Å². The predicted octanol–water partition coefficient (Wildman–Crippen LogP) is 1.84. The second kappa shape index (κ2) is 8.24. The monoisotopic (exact) mass is 436 g/mol. The standard InChI is InChI=1S/C19H17ClN2O6S/c1-28-14-8-13(21-17-11-18(24)22(6-7-23)19(17)25)9-16(10-14)29(26,27)15-4-2-12(20)3-5-15/h2-5,8-11,21,23H,6-7H2,1H3. The Hall–Kier alpha value is -2.88. The van der Waals surface area contributed by atoms with Crippen molar-refractivity contribution in [1.82, 2.24) is 4.90 Å². The number of imide groups is 1. The highest BCUT2D eigenvalue weighted by Gasteiger charge is 2.31. The first-order valence-electron chi connectivity index (χ1n) is 8.41. The van der Waals surface area contributed by atoms with Gasteiger partial charge >= 0.3 is 0 Å². The van der Waals surface area contributed by atoms with Gasteiger partial charge in [0.1, 0.15) is 11.4 Å². The van der Waals surface area contributed by atoms with Crippen LogP contribution in [0.5, 0.6) is 5.75 Å². The molecule has 0 spiro atoms. The van der Waals surface area contributed by atoms with Crippen LogP contribution in [0.2, 0.25) is 5.02 Å². The van der Waals surface area contributed by atoms with Gasteiger partial charge in [0.15, 0.2) is 0 Å². The molecule has 0 fully saturated rings. The molecule has 1 aliphatic rings. The number of rotatable bonds is 7. The molecule has 0 atom stereocenters. The number of aliphatic hydroxyl groups excluding tert-OH is 1. The van der Waals surface area contributed by atoms with Gasteiger partial charge in [0, 0.05) is 22.9 Å². The number of benzene rings is 2. The molecular formula is C19H17ClN2O6S. The first-order chi connectivity index (χ1) is 13.8. The average Bonchev–Trinajstić information content (AvgIpc) is 2.95. The molecule has 0 aliphatic carbocycles. The van der Waals surface area contributed by atoms with Crippen molar-refractivity contribution in [2.24, 2.45) is 0 Å². The van der Waals surface area contributed by atoms with Crippen LogP contribution in [0.4, 0.5) is 5.69 Å². The number of anilines is 1. The number of methoxy groups -OCH3 is 1. The van der Waals surface area contributed by atoms with Crippen LogP contribution in [0, 0.1) is 0 Å². The van der Waals surface area contributed by atoms with E-state index in [4.69, 9.17) is 21.4 Å². The number of amides is 2. The van der Waals surface area contributed by atoms with Gasteiger partial charge in [-0.05, 0) is 36.4 Å². The van der Waals surface area contributed by atoms with Crippen molar-refractivity contribution in [3.63, 3.8) is 0 Å². The van der Waals surface area contributed by atoms with E-state index in [-0.39, 0.29) is 40.1 Å². The van der Waals surface area contributed by atoms with Crippen molar-refractivity contribution < 1.29 is 27.9 Å². The highest BCUT2D eigenvalue weighted by molar-refractivity contribution is 7.91. The minimum atomic E-state index is -3.88. The number of halogens is 1. The Labute approximate surface area is 172 Å². The van der Waals surface area contributed by atoms with Crippen molar-refractivity contribution in [3.8, 4) is 5.75 Å². The molecule has 0 bridgehead atoms. The fourth-order valence-corrected chi connectivity index (χ4v) is 4.18. The molecule has 1 heterocycles. The molecule has 0 radical (unpaired) electrons. The Morgan fingerprint density at radius 3 is 2.41 bits per heavy atom. The largest absolute Gasteiger partial charge is 0.497 e. The maximum atomic E-state index is 13.0. The zero-order chi connectivity index (χ0) is 21.2. The number of aliphatic hydroxyl groups is 1. The first kappa shape index (κ1) is 20.8. The minimum absolute atomic E-state index is 0.0356. The molecular weight excluding hydrogens is 420 g/mol. The third-order valence-electron chi connectivity index (χ3n) is 4.16. The Morgan fingerprint density at radius 2 is 1.79 bits per heavy atom. The molecule has 2 amide bonds. The summed E-state index contributed by atoms with van der Waals surface area (Å²) < 4.78 is 31.1. The number of carbonyl (C=O) groups excluding carboxylic acids is 2. The van der Waals surface area contributed by atoms with Crippen molar-refractivity contribution in [2.75, 3.05) is 25.6 Å². The molecule has 2 aromatic rings. The van der Waals surface area contributed by atoms with Crippen LogP contribution in [-0.2, 0) is 19.4 Å². The lowest BCUT2D eigenvalue weighted by Crippen LogP contribution is -2.34. The molecule has 10 heteroatoms. The van der Waals surface area contributed by atoms with E-state index in [0.717, 1.165) is 11.0 Å². The fraction of sp³-hybridized carbons (Fsp3) is 0.158. The van der Waals surface area contributed by atoms with E-state index in [9.17, 15) is 18.0 Å². The quantitative estimate of drug-likeness (QED) is 0.636. The molecule has 0 aromatic heterocycles. The van der Waals surface area contributed by atoms with Gasteiger partial charge in [-0.25, -0.2) is 8.42 Å². The third kappa shape index (κ3) is 4.26.